The zero-order chi connectivity index (χ0) is 19.3. The summed E-state index contributed by atoms with van der Waals surface area (Å²) >= 11 is 6.18. The first-order valence-electron chi connectivity index (χ1n) is 8.54. The molecule has 1 amide bonds. The van der Waals surface area contributed by atoms with Crippen LogP contribution in [0.25, 0.3) is 21.9 Å². The minimum Gasteiger partial charge on any atom is -0.495 e. The monoisotopic (exact) mass is 395 g/mol. The number of ether oxygens (including phenoxy) is 3. The first-order valence-corrected chi connectivity index (χ1v) is 8.91. The van der Waals surface area contributed by atoms with E-state index in [0.29, 0.717) is 39.1 Å². The standard InChI is InChI=1S/C21H14ClNO5/c1-25-18-8-13-12-4-2-3-5-16(12)28-17(13)9-15(18)23-21(24)11-6-14(22)20-19(7-11)26-10-27-20/h2-9H,10H2,1H3,(H,23,24). The molecule has 1 N–H and O–H groups in total. The molecule has 2 heterocycles. The molecule has 7 heteroatoms. The van der Waals surface area contributed by atoms with Gasteiger partial charge >= 0.3 is 0 Å². The number of carbonyl (C=O) groups is 1. The van der Waals surface area contributed by atoms with Crippen LogP contribution in [0.2, 0.25) is 5.02 Å². The Balaban J connectivity index is 1.55. The van der Waals surface area contributed by atoms with Crippen molar-refractivity contribution in [1.82, 2.24) is 0 Å². The van der Waals surface area contributed by atoms with E-state index >= 15 is 0 Å². The van der Waals surface area contributed by atoms with Crippen LogP contribution >= 0.6 is 11.6 Å². The minimum atomic E-state index is -0.353. The minimum absolute atomic E-state index is 0.0800. The van der Waals surface area contributed by atoms with Crippen molar-refractivity contribution in [2.75, 3.05) is 19.2 Å². The van der Waals surface area contributed by atoms with Gasteiger partial charge in [0.05, 0.1) is 17.8 Å². The summed E-state index contributed by atoms with van der Waals surface area (Å²) < 4.78 is 22.0. The van der Waals surface area contributed by atoms with E-state index in [-0.39, 0.29) is 12.7 Å². The molecular weight excluding hydrogens is 382 g/mol. The van der Waals surface area contributed by atoms with Gasteiger partial charge < -0.3 is 23.9 Å². The lowest BCUT2D eigenvalue weighted by Gasteiger charge is -2.11. The molecule has 0 bridgehead atoms. The number of hydrogen-bond donors (Lipinski definition) is 1. The molecule has 28 heavy (non-hydrogen) atoms. The number of anilines is 1. The molecule has 0 atom stereocenters. The molecule has 6 nitrogen and oxygen atoms in total. The van der Waals surface area contributed by atoms with Gasteiger partial charge in [-0.1, -0.05) is 29.8 Å². The second-order valence-electron chi connectivity index (χ2n) is 6.29. The smallest absolute Gasteiger partial charge is 0.255 e. The molecule has 4 aromatic rings. The SMILES string of the molecule is COc1cc2c(cc1NC(=O)c1cc(Cl)c3c(c1)OCO3)oc1ccccc12. The lowest BCUT2D eigenvalue weighted by Crippen LogP contribution is -2.12. The average Bonchev–Trinajstić information content (AvgIpc) is 3.31. The van der Waals surface area contributed by atoms with Gasteiger partial charge in [0.1, 0.15) is 16.9 Å². The Morgan fingerprint density at radius 2 is 1.93 bits per heavy atom. The van der Waals surface area contributed by atoms with Gasteiger partial charge in [0.2, 0.25) is 6.79 Å². The predicted molar refractivity (Wildman–Crippen MR) is 106 cm³/mol. The van der Waals surface area contributed by atoms with Crippen molar-refractivity contribution >= 4 is 45.1 Å². The maximum absolute atomic E-state index is 12.8. The summed E-state index contributed by atoms with van der Waals surface area (Å²) in [5.74, 6) is 1.06. The quantitative estimate of drug-likeness (QED) is 0.514. The fraction of sp³-hybridized carbons (Fsp3) is 0.0952. The Labute approximate surface area is 164 Å². The Bertz CT molecular complexity index is 1250. The summed E-state index contributed by atoms with van der Waals surface area (Å²) in [5, 5.41) is 5.07. The van der Waals surface area contributed by atoms with Crippen molar-refractivity contribution < 1.29 is 23.4 Å². The van der Waals surface area contributed by atoms with Crippen molar-refractivity contribution in [2.45, 2.75) is 0 Å². The number of hydrogen-bond acceptors (Lipinski definition) is 5. The van der Waals surface area contributed by atoms with E-state index in [2.05, 4.69) is 5.32 Å². The number of carbonyl (C=O) groups excluding carboxylic acids is 1. The van der Waals surface area contributed by atoms with E-state index in [1.54, 1.807) is 19.2 Å². The van der Waals surface area contributed by atoms with E-state index in [0.717, 1.165) is 16.4 Å². The number of benzene rings is 3. The molecule has 1 aliphatic heterocycles. The highest BCUT2D eigenvalue weighted by atomic mass is 35.5. The lowest BCUT2D eigenvalue weighted by atomic mass is 10.1. The van der Waals surface area contributed by atoms with E-state index in [1.165, 1.54) is 6.07 Å². The van der Waals surface area contributed by atoms with Crippen LogP contribution in [0.15, 0.2) is 52.9 Å². The van der Waals surface area contributed by atoms with Crippen molar-refractivity contribution in [3.63, 3.8) is 0 Å². The fourth-order valence-electron chi connectivity index (χ4n) is 3.31. The van der Waals surface area contributed by atoms with Crippen LogP contribution in [0.4, 0.5) is 5.69 Å². The molecule has 0 spiro atoms. The van der Waals surface area contributed by atoms with Gasteiger partial charge in [-0.25, -0.2) is 0 Å². The van der Waals surface area contributed by atoms with Gasteiger partial charge in [0, 0.05) is 22.4 Å². The second kappa shape index (κ2) is 6.35. The van der Waals surface area contributed by atoms with Crippen molar-refractivity contribution in [3.05, 3.63) is 59.1 Å². The van der Waals surface area contributed by atoms with Crippen molar-refractivity contribution in [3.8, 4) is 17.2 Å². The molecule has 0 fully saturated rings. The van der Waals surface area contributed by atoms with Crippen molar-refractivity contribution in [1.29, 1.82) is 0 Å². The average molecular weight is 396 g/mol. The molecule has 0 radical (unpaired) electrons. The number of halogens is 1. The summed E-state index contributed by atoms with van der Waals surface area (Å²) in [6.45, 7) is 0.0800. The summed E-state index contributed by atoms with van der Waals surface area (Å²) in [4.78, 5) is 12.8. The third-order valence-corrected chi connectivity index (χ3v) is 4.92. The third-order valence-electron chi connectivity index (χ3n) is 4.64. The first kappa shape index (κ1) is 16.8. The number of fused-ring (bicyclic) bond motifs is 4. The van der Waals surface area contributed by atoms with E-state index in [4.69, 9.17) is 30.2 Å². The lowest BCUT2D eigenvalue weighted by molar-refractivity contribution is 0.102. The summed E-state index contributed by atoms with van der Waals surface area (Å²) in [6.07, 6.45) is 0. The number of furan rings is 1. The molecular formula is C21H14ClNO5. The highest BCUT2D eigenvalue weighted by Crippen LogP contribution is 2.40. The first-order chi connectivity index (χ1) is 13.6. The van der Waals surface area contributed by atoms with Crippen LogP contribution in [0.1, 0.15) is 10.4 Å². The zero-order valence-corrected chi connectivity index (χ0v) is 15.5. The number of methoxy groups -OCH3 is 1. The van der Waals surface area contributed by atoms with E-state index in [1.807, 2.05) is 30.3 Å². The van der Waals surface area contributed by atoms with Gasteiger partial charge in [0.25, 0.3) is 5.91 Å². The number of rotatable bonds is 3. The third kappa shape index (κ3) is 2.61. The normalized spacial score (nSPS) is 12.5. The van der Waals surface area contributed by atoms with Crippen molar-refractivity contribution in [2.24, 2.45) is 0 Å². The zero-order valence-electron chi connectivity index (χ0n) is 14.7. The van der Waals surface area contributed by atoms with Gasteiger partial charge in [0.15, 0.2) is 11.5 Å². The Morgan fingerprint density at radius 3 is 2.79 bits per heavy atom. The molecule has 1 aromatic heterocycles. The molecule has 0 aliphatic carbocycles. The largest absolute Gasteiger partial charge is 0.495 e. The number of nitrogens with one attached hydrogen (secondary N) is 1. The Hall–Kier alpha value is -3.38. The fourth-order valence-corrected chi connectivity index (χ4v) is 3.58. The van der Waals surface area contributed by atoms with E-state index < -0.39 is 0 Å². The molecule has 0 unspecified atom stereocenters. The van der Waals surface area contributed by atoms with Gasteiger partial charge in [-0.15, -0.1) is 0 Å². The Kier molecular flexibility index (Phi) is 3.80. The number of amides is 1. The van der Waals surface area contributed by atoms with Crippen LogP contribution in [0, 0.1) is 0 Å². The Morgan fingerprint density at radius 1 is 1.07 bits per heavy atom. The van der Waals surface area contributed by atoms with Crippen LogP contribution in [0.3, 0.4) is 0 Å². The summed E-state index contributed by atoms with van der Waals surface area (Å²) in [6, 6.07) is 14.5. The number of para-hydroxylation sites is 1. The van der Waals surface area contributed by atoms with Crippen LogP contribution in [-0.4, -0.2) is 19.8 Å². The van der Waals surface area contributed by atoms with Gasteiger partial charge in [-0.2, -0.15) is 0 Å². The summed E-state index contributed by atoms with van der Waals surface area (Å²) in [7, 11) is 1.55. The second-order valence-corrected chi connectivity index (χ2v) is 6.70. The summed E-state index contributed by atoms with van der Waals surface area (Å²) in [5.41, 5.74) is 2.26. The molecule has 140 valence electrons. The molecule has 3 aromatic carbocycles. The van der Waals surface area contributed by atoms with Gasteiger partial charge in [-0.05, 0) is 24.3 Å². The molecule has 5 rings (SSSR count). The highest BCUT2D eigenvalue weighted by Gasteiger charge is 2.22. The molecule has 1 aliphatic rings. The highest BCUT2D eigenvalue weighted by molar-refractivity contribution is 6.33. The van der Waals surface area contributed by atoms with Gasteiger partial charge in [-0.3, -0.25) is 4.79 Å². The topological polar surface area (TPSA) is 69.9 Å². The van der Waals surface area contributed by atoms with Crippen LogP contribution in [-0.2, 0) is 0 Å². The molecule has 0 saturated heterocycles. The maximum atomic E-state index is 12.8. The predicted octanol–water partition coefficient (Wildman–Crippen LogP) is 5.23. The van der Waals surface area contributed by atoms with E-state index in [9.17, 15) is 4.79 Å². The maximum Gasteiger partial charge on any atom is 0.255 e. The molecule has 0 saturated carbocycles. The van der Waals surface area contributed by atoms with Crippen LogP contribution in [0.5, 0.6) is 17.2 Å². The van der Waals surface area contributed by atoms with Crippen LogP contribution < -0.4 is 19.5 Å².